The first kappa shape index (κ1) is 13.7. The molecule has 0 aliphatic carbocycles. The van der Waals surface area contributed by atoms with Gasteiger partial charge in [0.1, 0.15) is 5.69 Å². The molecule has 3 rings (SSSR count). The number of rotatable bonds is 2. The fourth-order valence-electron chi connectivity index (χ4n) is 2.45. The number of fused-ring (bicyclic) bond motifs is 1. The molecule has 0 bridgehead atoms. The lowest BCUT2D eigenvalue weighted by Gasteiger charge is -2.32. The van der Waals surface area contributed by atoms with Gasteiger partial charge in [0.2, 0.25) is 0 Å². The lowest BCUT2D eigenvalue weighted by atomic mass is 9.99. The largest absolute Gasteiger partial charge is 0.479 e. The molecule has 0 saturated carbocycles. The Morgan fingerprint density at radius 2 is 2.19 bits per heavy atom. The summed E-state index contributed by atoms with van der Waals surface area (Å²) in [5.74, 6) is -1.42. The zero-order valence-corrected chi connectivity index (χ0v) is 12.1. The lowest BCUT2D eigenvalue weighted by Crippen LogP contribution is -2.43. The number of nitrogens with zero attached hydrogens (tertiary/aromatic N) is 3. The van der Waals surface area contributed by atoms with Gasteiger partial charge in [0.15, 0.2) is 6.04 Å². The molecule has 1 atom stereocenters. The zero-order chi connectivity index (χ0) is 15.0. The molecule has 108 valence electrons. The molecule has 7 heteroatoms. The molecule has 1 unspecified atom stereocenters. The summed E-state index contributed by atoms with van der Waals surface area (Å²) in [6, 6.07) is 0.828. The molecule has 0 spiro atoms. The molecule has 1 amide bonds. The van der Waals surface area contributed by atoms with Crippen molar-refractivity contribution in [3.8, 4) is 0 Å². The van der Waals surface area contributed by atoms with E-state index in [0.29, 0.717) is 24.2 Å². The molecular weight excluding hydrogens is 290 g/mol. The quantitative estimate of drug-likeness (QED) is 0.912. The second kappa shape index (κ2) is 5.25. The second-order valence-corrected chi connectivity index (χ2v) is 5.83. The maximum Gasteiger partial charge on any atom is 0.331 e. The summed E-state index contributed by atoms with van der Waals surface area (Å²) in [5.41, 5.74) is 1.58. The van der Waals surface area contributed by atoms with Crippen LogP contribution in [0.2, 0.25) is 0 Å². The molecule has 6 nitrogen and oxygen atoms in total. The van der Waals surface area contributed by atoms with Crippen LogP contribution in [0.3, 0.4) is 0 Å². The minimum Gasteiger partial charge on any atom is -0.479 e. The number of aryl methyl sites for hydroxylation is 1. The maximum absolute atomic E-state index is 12.5. The fourth-order valence-corrected chi connectivity index (χ4v) is 3.36. The number of thiophene rings is 1. The van der Waals surface area contributed by atoms with Gasteiger partial charge >= 0.3 is 5.97 Å². The van der Waals surface area contributed by atoms with E-state index >= 15 is 0 Å². The van der Waals surface area contributed by atoms with Crippen LogP contribution < -0.4 is 0 Å². The van der Waals surface area contributed by atoms with Gasteiger partial charge in [-0.3, -0.25) is 9.78 Å². The number of aliphatic carboxylic acids is 1. The average Bonchev–Trinajstić information content (AvgIpc) is 2.94. The summed E-state index contributed by atoms with van der Waals surface area (Å²) < 4.78 is 0. The Morgan fingerprint density at radius 3 is 2.86 bits per heavy atom. The highest BCUT2D eigenvalue weighted by Crippen LogP contribution is 2.34. The van der Waals surface area contributed by atoms with Gasteiger partial charge in [-0.2, -0.15) is 0 Å². The number of carboxylic acids is 1. The molecule has 3 heterocycles. The summed E-state index contributed by atoms with van der Waals surface area (Å²) >= 11 is 1.53. The lowest BCUT2D eigenvalue weighted by molar-refractivity contribution is -0.142. The number of carboxylic acid groups (broad SMARTS) is 1. The molecule has 0 radical (unpaired) electrons. The van der Waals surface area contributed by atoms with E-state index in [9.17, 15) is 14.7 Å². The zero-order valence-electron chi connectivity index (χ0n) is 11.3. The van der Waals surface area contributed by atoms with Crippen LogP contribution in [0, 0.1) is 6.92 Å². The van der Waals surface area contributed by atoms with Gasteiger partial charge in [-0.15, -0.1) is 11.3 Å². The summed E-state index contributed by atoms with van der Waals surface area (Å²) in [6.07, 6.45) is 3.56. The van der Waals surface area contributed by atoms with Gasteiger partial charge in [-0.25, -0.2) is 9.78 Å². The van der Waals surface area contributed by atoms with Gasteiger partial charge in [0, 0.05) is 17.6 Å². The number of hydrogen-bond acceptors (Lipinski definition) is 5. The molecular formula is C14H13N3O3S. The molecule has 1 aliphatic rings. The van der Waals surface area contributed by atoms with Crippen molar-refractivity contribution in [3.05, 3.63) is 45.7 Å². The van der Waals surface area contributed by atoms with Crippen molar-refractivity contribution in [1.29, 1.82) is 0 Å². The molecule has 2 aromatic heterocycles. The topological polar surface area (TPSA) is 83.4 Å². The van der Waals surface area contributed by atoms with Crippen molar-refractivity contribution in [2.45, 2.75) is 19.4 Å². The van der Waals surface area contributed by atoms with Crippen LogP contribution in [0.5, 0.6) is 0 Å². The van der Waals surface area contributed by atoms with Crippen LogP contribution in [0.15, 0.2) is 23.8 Å². The average molecular weight is 303 g/mol. The van der Waals surface area contributed by atoms with Crippen molar-refractivity contribution >= 4 is 23.2 Å². The van der Waals surface area contributed by atoms with Crippen molar-refractivity contribution in [2.24, 2.45) is 0 Å². The predicted molar refractivity (Wildman–Crippen MR) is 76.2 cm³/mol. The van der Waals surface area contributed by atoms with Crippen LogP contribution >= 0.6 is 11.3 Å². The third kappa shape index (κ3) is 2.40. The molecule has 2 aromatic rings. The highest BCUT2D eigenvalue weighted by Gasteiger charge is 2.37. The van der Waals surface area contributed by atoms with E-state index < -0.39 is 17.9 Å². The molecule has 0 fully saturated rings. The van der Waals surface area contributed by atoms with E-state index in [0.717, 1.165) is 4.88 Å². The van der Waals surface area contributed by atoms with Gasteiger partial charge in [-0.1, -0.05) is 0 Å². The Balaban J connectivity index is 1.96. The number of carbonyl (C=O) groups is 2. The maximum atomic E-state index is 12.5. The van der Waals surface area contributed by atoms with E-state index in [2.05, 4.69) is 9.97 Å². The molecule has 1 N–H and O–H groups in total. The van der Waals surface area contributed by atoms with E-state index in [1.807, 2.05) is 5.38 Å². The van der Waals surface area contributed by atoms with Crippen molar-refractivity contribution in [3.63, 3.8) is 0 Å². The number of aromatic nitrogens is 2. The van der Waals surface area contributed by atoms with Crippen LogP contribution in [0.25, 0.3) is 0 Å². The van der Waals surface area contributed by atoms with Crippen LogP contribution in [-0.2, 0) is 11.2 Å². The normalized spacial score (nSPS) is 17.4. The van der Waals surface area contributed by atoms with Crippen LogP contribution in [0.4, 0.5) is 0 Å². The second-order valence-electron chi connectivity index (χ2n) is 4.83. The minimum atomic E-state index is -1.03. The van der Waals surface area contributed by atoms with Gasteiger partial charge in [0.05, 0.1) is 11.9 Å². The molecule has 21 heavy (non-hydrogen) atoms. The van der Waals surface area contributed by atoms with E-state index in [4.69, 9.17) is 0 Å². The summed E-state index contributed by atoms with van der Waals surface area (Å²) in [4.78, 5) is 34.6. The first-order valence-corrected chi connectivity index (χ1v) is 7.34. The number of hydrogen-bond donors (Lipinski definition) is 1. The summed E-state index contributed by atoms with van der Waals surface area (Å²) in [7, 11) is 0. The van der Waals surface area contributed by atoms with E-state index in [-0.39, 0.29) is 5.69 Å². The monoisotopic (exact) mass is 303 g/mol. The van der Waals surface area contributed by atoms with Crippen LogP contribution in [0.1, 0.15) is 32.7 Å². The minimum absolute atomic E-state index is 0.172. The van der Waals surface area contributed by atoms with Crippen LogP contribution in [-0.4, -0.2) is 38.4 Å². The summed E-state index contributed by atoms with van der Waals surface area (Å²) in [6.45, 7) is 2.15. The highest BCUT2D eigenvalue weighted by molar-refractivity contribution is 7.10. The van der Waals surface area contributed by atoms with Gasteiger partial charge < -0.3 is 10.0 Å². The first-order valence-electron chi connectivity index (χ1n) is 6.46. The molecule has 0 aromatic carbocycles. The van der Waals surface area contributed by atoms with Crippen molar-refractivity contribution < 1.29 is 14.7 Å². The Bertz CT molecular complexity index is 696. The predicted octanol–water partition coefficient (Wildman–Crippen LogP) is 1.67. The smallest absolute Gasteiger partial charge is 0.331 e. The Hall–Kier alpha value is -2.28. The van der Waals surface area contributed by atoms with Crippen molar-refractivity contribution in [2.75, 3.05) is 6.54 Å². The number of amides is 1. The van der Waals surface area contributed by atoms with Crippen molar-refractivity contribution in [1.82, 2.24) is 14.9 Å². The molecule has 1 aliphatic heterocycles. The third-order valence-corrected chi connectivity index (χ3v) is 4.46. The molecule has 0 saturated heterocycles. The Labute approximate surface area is 125 Å². The standard InChI is InChI=1S/C14H13N3O3S/c1-8-6-16-10(7-15-8)13(18)17-4-2-11-9(3-5-21-11)12(17)14(19)20/h3,5-7,12H,2,4H2,1H3,(H,19,20). The number of carbonyl (C=O) groups excluding carboxylic acids is 1. The third-order valence-electron chi connectivity index (χ3n) is 3.46. The van der Waals surface area contributed by atoms with E-state index in [1.165, 1.54) is 28.6 Å². The van der Waals surface area contributed by atoms with Gasteiger partial charge in [0.25, 0.3) is 5.91 Å². The van der Waals surface area contributed by atoms with E-state index in [1.54, 1.807) is 13.0 Å². The summed E-state index contributed by atoms with van der Waals surface area (Å²) in [5, 5.41) is 11.3. The highest BCUT2D eigenvalue weighted by atomic mass is 32.1. The Kier molecular flexibility index (Phi) is 3.42. The SMILES string of the molecule is Cc1cnc(C(=O)N2CCc3sccc3C2C(=O)O)cn1. The fraction of sp³-hybridized carbons (Fsp3) is 0.286. The van der Waals surface area contributed by atoms with Gasteiger partial charge in [-0.05, 0) is 30.4 Å². The Morgan fingerprint density at radius 1 is 1.38 bits per heavy atom. The first-order chi connectivity index (χ1) is 10.1.